The smallest absolute Gasteiger partial charge is 0.417 e. The van der Waals surface area contributed by atoms with E-state index in [0.29, 0.717) is 6.20 Å². The lowest BCUT2D eigenvalue weighted by molar-refractivity contribution is -0.137. The molecule has 0 saturated heterocycles. The van der Waals surface area contributed by atoms with Crippen LogP contribution in [-0.4, -0.2) is 11.6 Å². The maximum absolute atomic E-state index is 12.7. The highest BCUT2D eigenvalue weighted by Crippen LogP contribution is 2.32. The first-order chi connectivity index (χ1) is 10.8. The van der Waals surface area contributed by atoms with Gasteiger partial charge in [-0.25, -0.2) is 4.98 Å². The number of hydrogen-bond acceptors (Lipinski definition) is 4. The average molecular weight is 329 g/mol. The van der Waals surface area contributed by atoms with E-state index >= 15 is 0 Å². The van der Waals surface area contributed by atoms with Crippen LogP contribution < -0.4 is 10.1 Å². The Kier molecular flexibility index (Phi) is 4.64. The van der Waals surface area contributed by atoms with E-state index in [1.54, 1.807) is 6.07 Å². The van der Waals surface area contributed by atoms with Gasteiger partial charge in [0.25, 0.3) is 0 Å². The topological polar surface area (TPSA) is 57.9 Å². The standard InChI is InChI=1S/C14H8F5N3O/c15-13(16)23-10-3-1-9(2-4-10)22-11-5-8(14(17,18)19)7-21-12(11)6-20/h1-5,7,13,22H. The molecule has 2 aromatic rings. The summed E-state index contributed by atoms with van der Waals surface area (Å²) in [6.45, 7) is -2.98. The fourth-order valence-corrected chi connectivity index (χ4v) is 1.68. The highest BCUT2D eigenvalue weighted by Gasteiger charge is 2.31. The Morgan fingerprint density at radius 1 is 1.17 bits per heavy atom. The largest absolute Gasteiger partial charge is 0.435 e. The number of pyridine rings is 1. The first kappa shape index (κ1) is 16.5. The van der Waals surface area contributed by atoms with E-state index in [0.717, 1.165) is 6.07 Å². The molecule has 0 bridgehead atoms. The predicted molar refractivity (Wildman–Crippen MR) is 70.3 cm³/mol. The molecule has 9 heteroatoms. The first-order valence-corrected chi connectivity index (χ1v) is 6.09. The van der Waals surface area contributed by atoms with Crippen LogP contribution in [0.15, 0.2) is 36.5 Å². The zero-order valence-electron chi connectivity index (χ0n) is 11.2. The second-order valence-electron chi connectivity index (χ2n) is 4.26. The van der Waals surface area contributed by atoms with Crippen LogP contribution in [-0.2, 0) is 6.18 Å². The number of alkyl halides is 5. The van der Waals surface area contributed by atoms with Gasteiger partial charge in [0.1, 0.15) is 11.8 Å². The maximum Gasteiger partial charge on any atom is 0.417 e. The van der Waals surface area contributed by atoms with E-state index < -0.39 is 18.4 Å². The minimum atomic E-state index is -4.60. The van der Waals surface area contributed by atoms with Crippen molar-refractivity contribution >= 4 is 11.4 Å². The fourth-order valence-electron chi connectivity index (χ4n) is 1.68. The molecule has 2 rings (SSSR count). The zero-order valence-corrected chi connectivity index (χ0v) is 11.2. The minimum absolute atomic E-state index is 0.103. The normalized spacial score (nSPS) is 11.2. The van der Waals surface area contributed by atoms with Gasteiger partial charge in [0, 0.05) is 11.9 Å². The van der Waals surface area contributed by atoms with Crippen LogP contribution >= 0.6 is 0 Å². The number of rotatable bonds is 4. The van der Waals surface area contributed by atoms with Crippen molar-refractivity contribution in [3.05, 3.63) is 47.8 Å². The number of anilines is 2. The lowest BCUT2D eigenvalue weighted by atomic mass is 10.2. The first-order valence-electron chi connectivity index (χ1n) is 6.09. The molecule has 0 atom stereocenters. The Morgan fingerprint density at radius 3 is 2.35 bits per heavy atom. The Hall–Kier alpha value is -2.89. The molecule has 120 valence electrons. The minimum Gasteiger partial charge on any atom is -0.435 e. The molecule has 0 fully saturated rings. The summed E-state index contributed by atoms with van der Waals surface area (Å²) in [5, 5.41) is 11.5. The molecule has 1 aromatic carbocycles. The quantitative estimate of drug-likeness (QED) is 0.849. The monoisotopic (exact) mass is 329 g/mol. The molecule has 23 heavy (non-hydrogen) atoms. The van der Waals surface area contributed by atoms with Gasteiger partial charge in [0.05, 0.1) is 11.3 Å². The second-order valence-corrected chi connectivity index (χ2v) is 4.26. The summed E-state index contributed by atoms with van der Waals surface area (Å²) >= 11 is 0. The van der Waals surface area contributed by atoms with Crippen molar-refractivity contribution < 1.29 is 26.7 Å². The highest BCUT2D eigenvalue weighted by atomic mass is 19.4. The molecule has 1 heterocycles. The lowest BCUT2D eigenvalue weighted by Gasteiger charge is -2.12. The number of aromatic nitrogens is 1. The van der Waals surface area contributed by atoms with Crippen LogP contribution in [0.3, 0.4) is 0 Å². The molecule has 0 amide bonds. The van der Waals surface area contributed by atoms with Crippen LogP contribution in [0.25, 0.3) is 0 Å². The average Bonchev–Trinajstić information content (AvgIpc) is 2.48. The van der Waals surface area contributed by atoms with Crippen molar-refractivity contribution in [3.63, 3.8) is 0 Å². The van der Waals surface area contributed by atoms with E-state index in [1.165, 1.54) is 24.3 Å². The van der Waals surface area contributed by atoms with Crippen LogP contribution in [0.2, 0.25) is 0 Å². The number of nitrogens with one attached hydrogen (secondary N) is 1. The van der Waals surface area contributed by atoms with Crippen molar-refractivity contribution in [2.45, 2.75) is 12.8 Å². The van der Waals surface area contributed by atoms with E-state index in [-0.39, 0.29) is 22.8 Å². The summed E-state index contributed by atoms with van der Waals surface area (Å²) in [5.41, 5.74) is -1.11. The summed E-state index contributed by atoms with van der Waals surface area (Å²) in [6.07, 6.45) is -4.05. The van der Waals surface area contributed by atoms with Gasteiger partial charge < -0.3 is 10.1 Å². The number of ether oxygens (including phenoxy) is 1. The van der Waals surface area contributed by atoms with Crippen LogP contribution in [0.1, 0.15) is 11.3 Å². The summed E-state index contributed by atoms with van der Waals surface area (Å²) in [5.74, 6) is -0.103. The molecule has 0 unspecified atom stereocenters. The van der Waals surface area contributed by atoms with E-state index in [4.69, 9.17) is 5.26 Å². The molecule has 0 aliphatic carbocycles. The Bertz CT molecular complexity index is 723. The molecule has 1 N–H and O–H groups in total. The van der Waals surface area contributed by atoms with Crippen molar-refractivity contribution in [1.82, 2.24) is 4.98 Å². The van der Waals surface area contributed by atoms with Crippen LogP contribution in [0.5, 0.6) is 5.75 Å². The lowest BCUT2D eigenvalue weighted by Crippen LogP contribution is -2.08. The third-order valence-electron chi connectivity index (χ3n) is 2.68. The van der Waals surface area contributed by atoms with Crippen molar-refractivity contribution in [2.24, 2.45) is 0 Å². The third kappa shape index (κ3) is 4.29. The van der Waals surface area contributed by atoms with Crippen molar-refractivity contribution in [2.75, 3.05) is 5.32 Å². The van der Waals surface area contributed by atoms with Crippen LogP contribution in [0, 0.1) is 11.3 Å². The maximum atomic E-state index is 12.7. The van der Waals surface area contributed by atoms with Gasteiger partial charge in [-0.05, 0) is 30.3 Å². The van der Waals surface area contributed by atoms with Gasteiger partial charge in [0.2, 0.25) is 0 Å². The second kappa shape index (κ2) is 6.48. The SMILES string of the molecule is N#Cc1ncc(C(F)(F)F)cc1Nc1ccc(OC(F)F)cc1. The fraction of sp³-hybridized carbons (Fsp3) is 0.143. The predicted octanol–water partition coefficient (Wildman–Crippen LogP) is 4.32. The molecule has 0 aliphatic rings. The molecule has 0 saturated carbocycles. The number of nitriles is 1. The molecular formula is C14H8F5N3O. The van der Waals surface area contributed by atoms with Gasteiger partial charge in [-0.1, -0.05) is 0 Å². The molecule has 0 radical (unpaired) electrons. The van der Waals surface area contributed by atoms with E-state index in [2.05, 4.69) is 15.0 Å². The number of halogens is 5. The van der Waals surface area contributed by atoms with E-state index in [9.17, 15) is 22.0 Å². The van der Waals surface area contributed by atoms with E-state index in [1.807, 2.05) is 0 Å². The van der Waals surface area contributed by atoms with Gasteiger partial charge in [0.15, 0.2) is 5.69 Å². The van der Waals surface area contributed by atoms with Crippen molar-refractivity contribution in [3.8, 4) is 11.8 Å². The summed E-state index contributed by atoms with van der Waals surface area (Å²) < 4.78 is 66.3. The van der Waals surface area contributed by atoms with Gasteiger partial charge in [-0.2, -0.15) is 27.2 Å². The van der Waals surface area contributed by atoms with Gasteiger partial charge >= 0.3 is 12.8 Å². The summed E-state index contributed by atoms with van der Waals surface area (Å²) in [4.78, 5) is 3.45. The molecule has 4 nitrogen and oxygen atoms in total. The van der Waals surface area contributed by atoms with Crippen molar-refractivity contribution in [1.29, 1.82) is 5.26 Å². The summed E-state index contributed by atoms with van der Waals surface area (Å²) in [6, 6.07) is 7.47. The summed E-state index contributed by atoms with van der Waals surface area (Å²) in [7, 11) is 0. The molecule has 0 spiro atoms. The Morgan fingerprint density at radius 2 is 1.83 bits per heavy atom. The number of nitrogens with zero attached hydrogens (tertiary/aromatic N) is 2. The Balaban J connectivity index is 2.26. The number of hydrogen-bond donors (Lipinski definition) is 1. The Labute approximate surface area is 127 Å². The third-order valence-corrected chi connectivity index (χ3v) is 2.68. The molecular weight excluding hydrogens is 321 g/mol. The molecule has 1 aromatic heterocycles. The molecule has 0 aliphatic heterocycles. The van der Waals surface area contributed by atoms with Crippen LogP contribution in [0.4, 0.5) is 33.3 Å². The highest BCUT2D eigenvalue weighted by molar-refractivity contribution is 5.65. The van der Waals surface area contributed by atoms with Gasteiger partial charge in [-0.15, -0.1) is 0 Å². The zero-order chi connectivity index (χ0) is 17.0. The van der Waals surface area contributed by atoms with Gasteiger partial charge in [-0.3, -0.25) is 0 Å². The number of benzene rings is 1.